The largest absolute Gasteiger partial charge is 0.362 e. The number of nitro groups is 1. The number of amides is 1. The van der Waals surface area contributed by atoms with Gasteiger partial charge in [0.05, 0.1) is 4.92 Å². The number of benzene rings is 2. The first-order chi connectivity index (χ1) is 14.8. The molecule has 0 radical (unpaired) electrons. The van der Waals surface area contributed by atoms with E-state index in [1.165, 1.54) is 11.6 Å². The summed E-state index contributed by atoms with van der Waals surface area (Å²) in [7, 11) is 0. The lowest BCUT2D eigenvalue weighted by atomic mass is 9.99. The Morgan fingerprint density at radius 1 is 0.968 bits per heavy atom. The number of Topliss-reactive ketones (excluding diaryl/α,β-unsaturated/α-hetero) is 1. The number of ketones is 1. The lowest BCUT2D eigenvalue weighted by Gasteiger charge is -2.35. The molecule has 7 nitrogen and oxygen atoms in total. The number of nitro benzene ring substituents is 1. The van der Waals surface area contributed by atoms with Crippen LogP contribution in [0.2, 0.25) is 0 Å². The molecule has 0 aliphatic carbocycles. The van der Waals surface area contributed by atoms with Crippen molar-refractivity contribution in [2.45, 2.75) is 33.1 Å². The SMILES string of the molecule is CC(C)Cc1ccc(C(=O)CCC(=O)N2CCN(c3ccccc3[N+](=O)[O-])CC2)cc1. The van der Waals surface area contributed by atoms with Crippen LogP contribution >= 0.6 is 0 Å². The van der Waals surface area contributed by atoms with Gasteiger partial charge >= 0.3 is 0 Å². The minimum absolute atomic E-state index is 0.0250. The Kier molecular flexibility index (Phi) is 7.39. The van der Waals surface area contributed by atoms with Gasteiger partial charge in [-0.05, 0) is 24.0 Å². The van der Waals surface area contributed by atoms with E-state index in [9.17, 15) is 19.7 Å². The summed E-state index contributed by atoms with van der Waals surface area (Å²) in [6.07, 6.45) is 1.34. The molecule has 1 fully saturated rings. The Morgan fingerprint density at radius 2 is 1.61 bits per heavy atom. The summed E-state index contributed by atoms with van der Waals surface area (Å²) in [5.41, 5.74) is 2.50. The number of rotatable bonds is 8. The number of nitrogens with zero attached hydrogens (tertiary/aromatic N) is 3. The number of piperazine rings is 1. The first-order valence-corrected chi connectivity index (χ1v) is 10.7. The van der Waals surface area contributed by atoms with Crippen molar-refractivity contribution in [3.8, 4) is 0 Å². The fraction of sp³-hybridized carbons (Fsp3) is 0.417. The van der Waals surface area contributed by atoms with E-state index in [1.807, 2.05) is 29.2 Å². The van der Waals surface area contributed by atoms with Crippen LogP contribution in [0.1, 0.15) is 42.6 Å². The molecule has 0 bridgehead atoms. The van der Waals surface area contributed by atoms with Crippen LogP contribution in [0, 0.1) is 16.0 Å². The highest BCUT2D eigenvalue weighted by atomic mass is 16.6. The number of para-hydroxylation sites is 2. The third-order valence-corrected chi connectivity index (χ3v) is 5.54. The Balaban J connectivity index is 1.49. The van der Waals surface area contributed by atoms with Gasteiger partial charge in [-0.25, -0.2) is 0 Å². The highest BCUT2D eigenvalue weighted by molar-refractivity contribution is 5.98. The van der Waals surface area contributed by atoms with Crippen molar-refractivity contribution in [2.24, 2.45) is 5.92 Å². The van der Waals surface area contributed by atoms with E-state index in [2.05, 4.69) is 13.8 Å². The normalized spacial score (nSPS) is 14.0. The molecule has 31 heavy (non-hydrogen) atoms. The van der Waals surface area contributed by atoms with Gasteiger partial charge < -0.3 is 9.80 Å². The maximum absolute atomic E-state index is 12.6. The number of anilines is 1. The van der Waals surface area contributed by atoms with Gasteiger partial charge in [0, 0.05) is 50.7 Å². The molecule has 1 heterocycles. The third kappa shape index (κ3) is 5.90. The maximum atomic E-state index is 12.6. The van der Waals surface area contributed by atoms with Crippen LogP contribution in [-0.4, -0.2) is 47.7 Å². The van der Waals surface area contributed by atoms with Crippen molar-refractivity contribution in [1.82, 2.24) is 4.90 Å². The minimum Gasteiger partial charge on any atom is -0.362 e. The molecule has 0 aromatic heterocycles. The monoisotopic (exact) mass is 423 g/mol. The zero-order valence-electron chi connectivity index (χ0n) is 18.1. The number of hydrogen-bond acceptors (Lipinski definition) is 5. The van der Waals surface area contributed by atoms with Crippen molar-refractivity contribution in [3.63, 3.8) is 0 Å². The van der Waals surface area contributed by atoms with Crippen LogP contribution in [0.5, 0.6) is 0 Å². The average Bonchev–Trinajstić information content (AvgIpc) is 2.77. The van der Waals surface area contributed by atoms with Crippen molar-refractivity contribution >= 4 is 23.1 Å². The summed E-state index contributed by atoms with van der Waals surface area (Å²) in [5.74, 6) is 0.489. The molecular weight excluding hydrogens is 394 g/mol. The van der Waals surface area contributed by atoms with Gasteiger partial charge in [-0.2, -0.15) is 0 Å². The topological polar surface area (TPSA) is 83.8 Å². The summed E-state index contributed by atoms with van der Waals surface area (Å²) in [4.78, 5) is 39.6. The van der Waals surface area contributed by atoms with Crippen LogP contribution in [0.4, 0.5) is 11.4 Å². The lowest BCUT2D eigenvalue weighted by Crippen LogP contribution is -2.49. The van der Waals surface area contributed by atoms with E-state index in [4.69, 9.17) is 0 Å². The zero-order chi connectivity index (χ0) is 22.4. The van der Waals surface area contributed by atoms with E-state index < -0.39 is 0 Å². The van der Waals surface area contributed by atoms with Crippen LogP contribution in [-0.2, 0) is 11.2 Å². The Hall–Kier alpha value is -3.22. The predicted molar refractivity (Wildman–Crippen MR) is 120 cm³/mol. The first kappa shape index (κ1) is 22.5. The van der Waals surface area contributed by atoms with Gasteiger partial charge in [-0.3, -0.25) is 19.7 Å². The fourth-order valence-electron chi connectivity index (χ4n) is 3.90. The molecule has 1 amide bonds. The van der Waals surface area contributed by atoms with Gasteiger partial charge in [-0.1, -0.05) is 50.2 Å². The molecule has 7 heteroatoms. The molecule has 0 atom stereocenters. The lowest BCUT2D eigenvalue weighted by molar-refractivity contribution is -0.384. The minimum atomic E-state index is -0.381. The van der Waals surface area contributed by atoms with Gasteiger partial charge in [0.2, 0.25) is 5.91 Å². The smallest absolute Gasteiger partial charge is 0.292 e. The van der Waals surface area contributed by atoms with Crippen molar-refractivity contribution in [2.75, 3.05) is 31.1 Å². The van der Waals surface area contributed by atoms with Gasteiger partial charge in [0.15, 0.2) is 5.78 Å². The van der Waals surface area contributed by atoms with E-state index >= 15 is 0 Å². The van der Waals surface area contributed by atoms with Crippen molar-refractivity contribution in [3.05, 3.63) is 69.8 Å². The molecule has 1 aliphatic rings. The second-order valence-electron chi connectivity index (χ2n) is 8.33. The Bertz CT molecular complexity index is 932. The third-order valence-electron chi connectivity index (χ3n) is 5.54. The molecule has 2 aromatic rings. The summed E-state index contributed by atoms with van der Waals surface area (Å²) < 4.78 is 0. The number of hydrogen-bond donors (Lipinski definition) is 0. The molecule has 0 spiro atoms. The van der Waals surface area contributed by atoms with Gasteiger partial charge in [-0.15, -0.1) is 0 Å². The molecule has 0 N–H and O–H groups in total. The van der Waals surface area contributed by atoms with Crippen LogP contribution in [0.3, 0.4) is 0 Å². The summed E-state index contributed by atoms with van der Waals surface area (Å²) in [5, 5.41) is 11.3. The standard InChI is InChI=1S/C24H29N3O4/c1-18(2)17-19-7-9-20(10-8-19)23(28)11-12-24(29)26-15-13-25(14-16-26)21-5-3-4-6-22(21)27(30)31/h3-10,18H,11-17H2,1-2H3. The molecule has 0 unspecified atom stereocenters. The summed E-state index contributed by atoms with van der Waals surface area (Å²) >= 11 is 0. The molecule has 0 saturated carbocycles. The van der Waals surface area contributed by atoms with Crippen molar-refractivity contribution < 1.29 is 14.5 Å². The van der Waals surface area contributed by atoms with Crippen LogP contribution in [0.25, 0.3) is 0 Å². The molecular formula is C24H29N3O4. The average molecular weight is 424 g/mol. The van der Waals surface area contributed by atoms with E-state index in [0.29, 0.717) is 43.3 Å². The highest BCUT2D eigenvalue weighted by Gasteiger charge is 2.25. The predicted octanol–water partition coefficient (Wildman–Crippen LogP) is 4.11. The number of carbonyl (C=O) groups is 2. The second kappa shape index (κ2) is 10.2. The summed E-state index contributed by atoms with van der Waals surface area (Å²) in [6.45, 7) is 6.35. The maximum Gasteiger partial charge on any atom is 0.292 e. The summed E-state index contributed by atoms with van der Waals surface area (Å²) in [6, 6.07) is 14.3. The number of carbonyl (C=O) groups excluding carboxylic acids is 2. The molecule has 1 saturated heterocycles. The van der Waals surface area contributed by atoms with E-state index in [1.54, 1.807) is 23.1 Å². The van der Waals surface area contributed by atoms with E-state index in [0.717, 1.165) is 6.42 Å². The van der Waals surface area contributed by atoms with Crippen LogP contribution < -0.4 is 4.90 Å². The highest BCUT2D eigenvalue weighted by Crippen LogP contribution is 2.28. The van der Waals surface area contributed by atoms with Crippen LogP contribution in [0.15, 0.2) is 48.5 Å². The van der Waals surface area contributed by atoms with Gasteiger partial charge in [0.25, 0.3) is 5.69 Å². The second-order valence-corrected chi connectivity index (χ2v) is 8.33. The quantitative estimate of drug-likeness (QED) is 0.363. The Labute approximate surface area is 182 Å². The molecule has 1 aliphatic heterocycles. The van der Waals surface area contributed by atoms with Crippen molar-refractivity contribution in [1.29, 1.82) is 0 Å². The van der Waals surface area contributed by atoms with E-state index in [-0.39, 0.29) is 35.1 Å². The molecule has 2 aromatic carbocycles. The molecule has 3 rings (SSSR count). The Morgan fingerprint density at radius 3 is 2.23 bits per heavy atom. The zero-order valence-corrected chi connectivity index (χ0v) is 18.1. The first-order valence-electron chi connectivity index (χ1n) is 10.7. The fourth-order valence-corrected chi connectivity index (χ4v) is 3.90. The van der Waals surface area contributed by atoms with Gasteiger partial charge in [0.1, 0.15) is 5.69 Å². The molecule has 164 valence electrons.